The van der Waals surface area contributed by atoms with Crippen LogP contribution in [0.3, 0.4) is 0 Å². The summed E-state index contributed by atoms with van der Waals surface area (Å²) in [6, 6.07) is 4.43. The Morgan fingerprint density at radius 3 is 2.60 bits per heavy atom. The lowest BCUT2D eigenvalue weighted by Crippen LogP contribution is -2.57. The summed E-state index contributed by atoms with van der Waals surface area (Å²) >= 11 is 1.60. The fraction of sp³-hybridized carbons (Fsp3) is 0.541. The number of thiophene rings is 1. The van der Waals surface area contributed by atoms with Gasteiger partial charge in [-0.1, -0.05) is 6.92 Å². The SMILES string of the molecule is CC1CCc2cc3c(cnn3C3CCCCO3)c(-c3nccc4c3sc3nc(S(C)=O)nc(N5C[C@H]6CC[C@@H](C5)N6C(=O)OC(C)(C)C)c34)c21. The van der Waals surface area contributed by atoms with E-state index in [1.807, 2.05) is 38.1 Å². The third-order valence-corrected chi connectivity index (χ3v) is 12.7. The van der Waals surface area contributed by atoms with Crippen LogP contribution in [0.15, 0.2) is 29.7 Å². The number of fused-ring (bicyclic) bond motifs is 7. The molecule has 7 heterocycles. The first kappa shape index (κ1) is 32.2. The van der Waals surface area contributed by atoms with E-state index in [4.69, 9.17) is 29.5 Å². The molecule has 0 saturated carbocycles. The van der Waals surface area contributed by atoms with Crippen molar-refractivity contribution in [3.8, 4) is 11.3 Å². The zero-order valence-electron chi connectivity index (χ0n) is 29.3. The maximum absolute atomic E-state index is 13.3. The van der Waals surface area contributed by atoms with Crippen molar-refractivity contribution in [2.45, 2.75) is 108 Å². The second-order valence-electron chi connectivity index (χ2n) is 15.4. The number of aryl methyl sites for hydroxylation is 1. The van der Waals surface area contributed by atoms with Gasteiger partial charge in [-0.15, -0.1) is 11.3 Å². The van der Waals surface area contributed by atoms with Crippen LogP contribution in [0.5, 0.6) is 0 Å². The molecule has 262 valence electrons. The highest BCUT2D eigenvalue weighted by atomic mass is 32.2. The minimum atomic E-state index is -1.38. The number of carbonyl (C=O) groups excluding carboxylic acids is 1. The first-order valence-corrected chi connectivity index (χ1v) is 20.3. The highest BCUT2D eigenvalue weighted by Crippen LogP contribution is 2.49. The second-order valence-corrected chi connectivity index (χ2v) is 17.7. The average molecular weight is 714 g/mol. The van der Waals surface area contributed by atoms with Crippen LogP contribution in [0.1, 0.15) is 89.5 Å². The summed E-state index contributed by atoms with van der Waals surface area (Å²) in [6.07, 6.45) is 12.4. The quantitative estimate of drug-likeness (QED) is 0.177. The van der Waals surface area contributed by atoms with Crippen LogP contribution in [0, 0.1) is 0 Å². The molecule has 5 atom stereocenters. The van der Waals surface area contributed by atoms with Crippen molar-refractivity contribution in [3.05, 3.63) is 35.7 Å². The molecule has 5 aromatic rings. The van der Waals surface area contributed by atoms with E-state index in [9.17, 15) is 9.00 Å². The molecule has 50 heavy (non-hydrogen) atoms. The topological polar surface area (TPSA) is 116 Å². The second kappa shape index (κ2) is 11.9. The minimum Gasteiger partial charge on any atom is -0.444 e. The van der Waals surface area contributed by atoms with E-state index in [-0.39, 0.29) is 24.4 Å². The predicted molar refractivity (Wildman–Crippen MR) is 196 cm³/mol. The molecule has 3 unspecified atom stereocenters. The number of piperazine rings is 1. The highest BCUT2D eigenvalue weighted by Gasteiger charge is 2.45. The predicted octanol–water partition coefficient (Wildman–Crippen LogP) is 7.33. The molecule has 2 bridgehead atoms. The summed E-state index contributed by atoms with van der Waals surface area (Å²) in [5.74, 6) is 1.18. The molecule has 3 aliphatic heterocycles. The van der Waals surface area contributed by atoms with Gasteiger partial charge in [0.15, 0.2) is 6.23 Å². The highest BCUT2D eigenvalue weighted by molar-refractivity contribution is 7.84. The van der Waals surface area contributed by atoms with Crippen molar-refractivity contribution in [2.75, 3.05) is 30.9 Å². The van der Waals surface area contributed by atoms with Gasteiger partial charge in [-0.3, -0.25) is 14.1 Å². The first-order valence-electron chi connectivity index (χ1n) is 17.9. The van der Waals surface area contributed by atoms with Gasteiger partial charge in [-0.2, -0.15) is 5.10 Å². The van der Waals surface area contributed by atoms with Crippen LogP contribution in [0.4, 0.5) is 10.6 Å². The van der Waals surface area contributed by atoms with E-state index in [0.717, 1.165) is 99.8 Å². The summed E-state index contributed by atoms with van der Waals surface area (Å²) in [6.45, 7) is 10.0. The minimum absolute atomic E-state index is 0.0117. The zero-order chi connectivity index (χ0) is 34.5. The number of benzene rings is 1. The van der Waals surface area contributed by atoms with Crippen LogP contribution in [0.25, 0.3) is 42.5 Å². The number of amides is 1. The Morgan fingerprint density at radius 1 is 1.08 bits per heavy atom. The molecule has 0 radical (unpaired) electrons. The molecule has 11 nitrogen and oxygen atoms in total. The number of ether oxygens (including phenoxy) is 2. The van der Waals surface area contributed by atoms with E-state index < -0.39 is 16.4 Å². The fourth-order valence-corrected chi connectivity index (χ4v) is 10.4. The molecule has 4 aliphatic rings. The maximum atomic E-state index is 13.3. The van der Waals surface area contributed by atoms with Gasteiger partial charge in [0.05, 0.1) is 50.4 Å². The smallest absolute Gasteiger partial charge is 0.410 e. The number of aromatic nitrogens is 5. The van der Waals surface area contributed by atoms with Gasteiger partial charge >= 0.3 is 6.09 Å². The summed E-state index contributed by atoms with van der Waals surface area (Å²) in [5.41, 5.74) is 5.35. The molecule has 9 rings (SSSR count). The molecular weight excluding hydrogens is 671 g/mol. The molecule has 3 fully saturated rings. The Balaban J connectivity index is 1.20. The Kier molecular flexibility index (Phi) is 7.70. The summed E-state index contributed by atoms with van der Waals surface area (Å²) in [4.78, 5) is 33.3. The van der Waals surface area contributed by atoms with Crippen LogP contribution < -0.4 is 4.90 Å². The maximum Gasteiger partial charge on any atom is 0.410 e. The number of rotatable bonds is 4. The van der Waals surface area contributed by atoms with Gasteiger partial charge < -0.3 is 14.4 Å². The largest absolute Gasteiger partial charge is 0.444 e. The average Bonchev–Trinajstić information content (AvgIpc) is 3.85. The molecule has 1 aromatic carbocycles. The number of carbonyl (C=O) groups is 1. The number of nitrogens with zero attached hydrogens (tertiary/aromatic N) is 7. The first-order chi connectivity index (χ1) is 24.1. The van der Waals surface area contributed by atoms with E-state index >= 15 is 0 Å². The third kappa shape index (κ3) is 5.21. The van der Waals surface area contributed by atoms with E-state index in [1.54, 1.807) is 17.6 Å². The van der Waals surface area contributed by atoms with Gasteiger partial charge in [-0.05, 0) is 94.9 Å². The molecule has 0 N–H and O–H groups in total. The zero-order valence-corrected chi connectivity index (χ0v) is 30.9. The Hall–Kier alpha value is -3.68. The van der Waals surface area contributed by atoms with Crippen LogP contribution in [-0.2, 0) is 26.7 Å². The van der Waals surface area contributed by atoms with Gasteiger partial charge in [0, 0.05) is 48.5 Å². The van der Waals surface area contributed by atoms with Gasteiger partial charge in [0.2, 0.25) is 5.16 Å². The molecule has 0 spiro atoms. The monoisotopic (exact) mass is 713 g/mol. The Labute approximate surface area is 297 Å². The summed E-state index contributed by atoms with van der Waals surface area (Å²) in [7, 11) is -1.38. The Morgan fingerprint density at radius 2 is 1.88 bits per heavy atom. The van der Waals surface area contributed by atoms with Crippen molar-refractivity contribution in [2.24, 2.45) is 0 Å². The van der Waals surface area contributed by atoms with Crippen molar-refractivity contribution in [3.63, 3.8) is 0 Å². The molecule has 1 amide bonds. The lowest BCUT2D eigenvalue weighted by atomic mass is 9.91. The number of pyridine rings is 1. The molecule has 4 aromatic heterocycles. The fourth-order valence-electron chi connectivity index (χ4n) is 8.73. The lowest BCUT2D eigenvalue weighted by molar-refractivity contribution is -0.0366. The normalized spacial score (nSPS) is 24.4. The van der Waals surface area contributed by atoms with Crippen molar-refractivity contribution >= 4 is 65.3 Å². The lowest BCUT2D eigenvalue weighted by Gasteiger charge is -2.42. The summed E-state index contributed by atoms with van der Waals surface area (Å²) < 4.78 is 28.1. The van der Waals surface area contributed by atoms with Crippen molar-refractivity contribution < 1.29 is 18.5 Å². The van der Waals surface area contributed by atoms with Crippen LogP contribution in [-0.4, -0.2) is 83.6 Å². The van der Waals surface area contributed by atoms with Gasteiger partial charge in [0.25, 0.3) is 0 Å². The molecule has 3 saturated heterocycles. The Bertz CT molecular complexity index is 2190. The molecular formula is C37H43N7O4S2. The standard InChI is InChI=1S/C37H43N7O4S2/c1-20-9-10-21-16-26-25(17-39-44(26)27-8-6-7-15-47-27)29(28(20)21)31-32-24(13-14-38-31)30-33(40-35(50(5)46)41-34(30)49-32)42-18-22-11-12-23(19-42)43(22)36(45)48-37(2,3)4/h13-14,16-17,20,22-23,27H,6-12,15,18-19H2,1-5H3/t20?,22-,23+,27?,50?. The van der Waals surface area contributed by atoms with Crippen molar-refractivity contribution in [1.82, 2.24) is 29.6 Å². The van der Waals surface area contributed by atoms with E-state index in [2.05, 4.69) is 28.6 Å². The van der Waals surface area contributed by atoms with E-state index in [0.29, 0.717) is 24.2 Å². The van der Waals surface area contributed by atoms with E-state index in [1.165, 1.54) is 11.1 Å². The number of anilines is 1. The van der Waals surface area contributed by atoms with Gasteiger partial charge in [-0.25, -0.2) is 19.4 Å². The third-order valence-electron chi connectivity index (χ3n) is 10.9. The molecule has 1 aliphatic carbocycles. The van der Waals surface area contributed by atoms with Gasteiger partial charge in [0.1, 0.15) is 16.2 Å². The number of hydrogen-bond acceptors (Lipinski definition) is 10. The van der Waals surface area contributed by atoms with Crippen molar-refractivity contribution in [1.29, 1.82) is 0 Å². The van der Waals surface area contributed by atoms with Crippen LogP contribution >= 0.6 is 11.3 Å². The summed E-state index contributed by atoms with van der Waals surface area (Å²) in [5, 5.41) is 8.34. The van der Waals surface area contributed by atoms with Crippen LogP contribution in [0.2, 0.25) is 0 Å². The number of hydrogen-bond donors (Lipinski definition) is 0. The molecule has 13 heteroatoms.